The van der Waals surface area contributed by atoms with Crippen molar-refractivity contribution in [2.24, 2.45) is 12.8 Å². The first-order valence-electron chi connectivity index (χ1n) is 7.16. The fraction of sp³-hybridized carbons (Fsp3) is 0.294. The summed E-state index contributed by atoms with van der Waals surface area (Å²) in [5.74, 6) is 0. The van der Waals surface area contributed by atoms with Gasteiger partial charge in [-0.3, -0.25) is 9.67 Å². The predicted molar refractivity (Wildman–Crippen MR) is 85.1 cm³/mol. The number of para-hydroxylation sites is 1. The molecule has 0 aliphatic heterocycles. The molecule has 108 valence electrons. The van der Waals surface area contributed by atoms with E-state index in [9.17, 15) is 0 Å². The first-order chi connectivity index (χ1) is 10.0. The molecule has 0 spiro atoms. The first kappa shape index (κ1) is 13.8. The third kappa shape index (κ3) is 2.67. The number of aromatic nitrogens is 3. The van der Waals surface area contributed by atoms with Gasteiger partial charge in [0.05, 0.1) is 11.2 Å². The zero-order chi connectivity index (χ0) is 15.0. The second kappa shape index (κ2) is 5.30. The van der Waals surface area contributed by atoms with Gasteiger partial charge in [0.1, 0.15) is 0 Å². The average molecular weight is 280 g/mol. The van der Waals surface area contributed by atoms with Gasteiger partial charge in [-0.05, 0) is 37.6 Å². The Hall–Kier alpha value is -2.20. The maximum atomic E-state index is 6.39. The molecule has 0 radical (unpaired) electrons. The van der Waals surface area contributed by atoms with E-state index < -0.39 is 0 Å². The van der Waals surface area contributed by atoms with Gasteiger partial charge in [0.15, 0.2) is 0 Å². The highest BCUT2D eigenvalue weighted by molar-refractivity contribution is 5.81. The molecular weight excluding hydrogens is 260 g/mol. The molecule has 0 saturated carbocycles. The minimum Gasteiger partial charge on any atom is -0.324 e. The smallest absolute Gasteiger partial charge is 0.0722 e. The van der Waals surface area contributed by atoms with Crippen LogP contribution in [0.2, 0.25) is 0 Å². The van der Waals surface area contributed by atoms with Crippen LogP contribution in [0.4, 0.5) is 0 Å². The Kier molecular flexibility index (Phi) is 3.47. The summed E-state index contributed by atoms with van der Waals surface area (Å²) in [6.45, 7) is 4.00. The lowest BCUT2D eigenvalue weighted by molar-refractivity contribution is 0.680. The van der Waals surface area contributed by atoms with E-state index in [0.29, 0.717) is 0 Å². The SMILES string of the molecule is Cc1cc(C(N)Cc2nn(C)c3ccccc23)cc(C)n1. The Morgan fingerprint density at radius 1 is 1.14 bits per heavy atom. The molecular formula is C17H20N4. The van der Waals surface area contributed by atoms with E-state index in [0.717, 1.165) is 34.6 Å². The Labute approximate surface area is 124 Å². The average Bonchev–Trinajstić information content (AvgIpc) is 2.75. The quantitative estimate of drug-likeness (QED) is 0.802. The molecule has 2 heterocycles. The summed E-state index contributed by atoms with van der Waals surface area (Å²) < 4.78 is 1.92. The van der Waals surface area contributed by atoms with Crippen molar-refractivity contribution in [3.05, 3.63) is 59.0 Å². The molecule has 0 aliphatic rings. The number of nitrogens with two attached hydrogens (primary N) is 1. The molecule has 3 rings (SSSR count). The molecule has 0 fully saturated rings. The van der Waals surface area contributed by atoms with Crippen LogP contribution in [0.5, 0.6) is 0 Å². The van der Waals surface area contributed by atoms with E-state index in [2.05, 4.69) is 34.3 Å². The van der Waals surface area contributed by atoms with Crippen molar-refractivity contribution in [1.29, 1.82) is 0 Å². The van der Waals surface area contributed by atoms with Gasteiger partial charge >= 0.3 is 0 Å². The lowest BCUT2D eigenvalue weighted by atomic mass is 10.0. The predicted octanol–water partition coefficient (Wildman–Crippen LogP) is 2.83. The van der Waals surface area contributed by atoms with E-state index in [1.54, 1.807) is 0 Å². The number of fused-ring (bicyclic) bond motifs is 1. The van der Waals surface area contributed by atoms with E-state index in [4.69, 9.17) is 5.73 Å². The van der Waals surface area contributed by atoms with Crippen LogP contribution in [0.15, 0.2) is 36.4 Å². The topological polar surface area (TPSA) is 56.7 Å². The Balaban J connectivity index is 1.94. The number of aryl methyl sites for hydroxylation is 3. The van der Waals surface area contributed by atoms with Crippen molar-refractivity contribution in [2.45, 2.75) is 26.3 Å². The van der Waals surface area contributed by atoms with E-state index >= 15 is 0 Å². The first-order valence-corrected chi connectivity index (χ1v) is 7.16. The van der Waals surface area contributed by atoms with E-state index in [-0.39, 0.29) is 6.04 Å². The second-order valence-corrected chi connectivity index (χ2v) is 5.58. The van der Waals surface area contributed by atoms with Gasteiger partial charge in [-0.15, -0.1) is 0 Å². The number of nitrogens with zero attached hydrogens (tertiary/aromatic N) is 3. The van der Waals surface area contributed by atoms with Crippen LogP contribution in [0, 0.1) is 13.8 Å². The van der Waals surface area contributed by atoms with Crippen LogP contribution in [-0.4, -0.2) is 14.8 Å². The van der Waals surface area contributed by atoms with Gasteiger partial charge in [0, 0.05) is 36.3 Å². The third-order valence-electron chi connectivity index (χ3n) is 3.78. The van der Waals surface area contributed by atoms with Crippen molar-refractivity contribution in [3.8, 4) is 0 Å². The molecule has 4 heteroatoms. The van der Waals surface area contributed by atoms with Crippen molar-refractivity contribution < 1.29 is 0 Å². The molecule has 3 aromatic rings. The summed E-state index contributed by atoms with van der Waals surface area (Å²) in [4.78, 5) is 4.40. The number of hydrogen-bond donors (Lipinski definition) is 1. The standard InChI is InChI=1S/C17H20N4/c1-11-8-13(9-12(2)19-11)15(18)10-16-14-6-4-5-7-17(14)21(3)20-16/h4-9,15H,10,18H2,1-3H3. The summed E-state index contributed by atoms with van der Waals surface area (Å²) in [7, 11) is 1.97. The fourth-order valence-electron chi connectivity index (χ4n) is 2.85. The zero-order valence-corrected chi connectivity index (χ0v) is 12.7. The summed E-state index contributed by atoms with van der Waals surface area (Å²) >= 11 is 0. The van der Waals surface area contributed by atoms with Crippen LogP contribution in [0.1, 0.15) is 28.7 Å². The highest BCUT2D eigenvalue weighted by Gasteiger charge is 2.14. The Bertz CT molecular complexity index is 768. The summed E-state index contributed by atoms with van der Waals surface area (Å²) in [5, 5.41) is 5.80. The van der Waals surface area contributed by atoms with Crippen molar-refractivity contribution in [1.82, 2.24) is 14.8 Å². The molecule has 1 aromatic carbocycles. The van der Waals surface area contributed by atoms with Gasteiger partial charge < -0.3 is 5.73 Å². The normalized spacial score (nSPS) is 12.8. The number of rotatable bonds is 3. The van der Waals surface area contributed by atoms with Gasteiger partial charge in [0.25, 0.3) is 0 Å². The number of benzene rings is 1. The van der Waals surface area contributed by atoms with Crippen LogP contribution < -0.4 is 5.73 Å². The second-order valence-electron chi connectivity index (χ2n) is 5.58. The van der Waals surface area contributed by atoms with Crippen molar-refractivity contribution in [3.63, 3.8) is 0 Å². The summed E-state index contributed by atoms with van der Waals surface area (Å²) in [6.07, 6.45) is 0.726. The van der Waals surface area contributed by atoms with Crippen molar-refractivity contribution in [2.75, 3.05) is 0 Å². The van der Waals surface area contributed by atoms with E-state index in [1.165, 1.54) is 5.39 Å². The van der Waals surface area contributed by atoms with Gasteiger partial charge in [0.2, 0.25) is 0 Å². The highest BCUT2D eigenvalue weighted by atomic mass is 15.3. The van der Waals surface area contributed by atoms with Crippen molar-refractivity contribution >= 4 is 10.9 Å². The Morgan fingerprint density at radius 3 is 2.52 bits per heavy atom. The number of hydrogen-bond acceptors (Lipinski definition) is 3. The monoisotopic (exact) mass is 280 g/mol. The molecule has 0 bridgehead atoms. The largest absolute Gasteiger partial charge is 0.324 e. The molecule has 2 N–H and O–H groups in total. The lowest BCUT2D eigenvalue weighted by Crippen LogP contribution is -2.14. The molecule has 21 heavy (non-hydrogen) atoms. The molecule has 1 atom stereocenters. The molecule has 0 amide bonds. The zero-order valence-electron chi connectivity index (χ0n) is 12.7. The molecule has 0 aliphatic carbocycles. The van der Waals surface area contributed by atoms with Crippen LogP contribution in [-0.2, 0) is 13.5 Å². The lowest BCUT2D eigenvalue weighted by Gasteiger charge is -2.12. The third-order valence-corrected chi connectivity index (χ3v) is 3.78. The summed E-state index contributed by atoms with van der Waals surface area (Å²) in [5.41, 5.74) is 11.7. The maximum Gasteiger partial charge on any atom is 0.0722 e. The molecule has 4 nitrogen and oxygen atoms in total. The van der Waals surface area contributed by atoms with Crippen LogP contribution >= 0.6 is 0 Å². The number of pyridine rings is 1. The van der Waals surface area contributed by atoms with Crippen LogP contribution in [0.25, 0.3) is 10.9 Å². The van der Waals surface area contributed by atoms with Gasteiger partial charge in [-0.25, -0.2) is 0 Å². The minimum atomic E-state index is -0.0660. The maximum absolute atomic E-state index is 6.39. The fourth-order valence-corrected chi connectivity index (χ4v) is 2.85. The molecule has 0 saturated heterocycles. The highest BCUT2D eigenvalue weighted by Crippen LogP contribution is 2.23. The molecule has 2 aromatic heterocycles. The van der Waals surface area contributed by atoms with Gasteiger partial charge in [-0.1, -0.05) is 18.2 Å². The van der Waals surface area contributed by atoms with Crippen LogP contribution in [0.3, 0.4) is 0 Å². The summed E-state index contributed by atoms with van der Waals surface area (Å²) in [6, 6.07) is 12.3. The van der Waals surface area contributed by atoms with Gasteiger partial charge in [-0.2, -0.15) is 5.10 Å². The minimum absolute atomic E-state index is 0.0660. The Morgan fingerprint density at radius 2 is 1.81 bits per heavy atom. The van der Waals surface area contributed by atoms with E-state index in [1.807, 2.05) is 37.7 Å². The molecule has 1 unspecified atom stereocenters.